The van der Waals surface area contributed by atoms with Gasteiger partial charge in [0.2, 0.25) is 0 Å². The molecule has 3 aromatic rings. The van der Waals surface area contributed by atoms with Gasteiger partial charge in [-0.15, -0.1) is 0 Å². The van der Waals surface area contributed by atoms with Crippen molar-refractivity contribution in [3.63, 3.8) is 0 Å². The first-order chi connectivity index (χ1) is 8.74. The number of aromatic nitrogens is 3. The van der Waals surface area contributed by atoms with Crippen LogP contribution in [-0.2, 0) is 7.05 Å². The van der Waals surface area contributed by atoms with E-state index in [1.807, 2.05) is 29.8 Å². The quantitative estimate of drug-likeness (QED) is 0.767. The maximum atomic E-state index is 9.45. The molecule has 0 spiro atoms. The average molecular weight is 257 g/mol. The van der Waals surface area contributed by atoms with Crippen LogP contribution in [0.4, 0.5) is 0 Å². The van der Waals surface area contributed by atoms with Gasteiger partial charge in [0, 0.05) is 18.1 Å². The topological polar surface area (TPSA) is 50.9 Å². The zero-order valence-electron chi connectivity index (χ0n) is 9.74. The van der Waals surface area contributed by atoms with Crippen molar-refractivity contribution in [2.24, 2.45) is 7.05 Å². The van der Waals surface area contributed by atoms with Crippen LogP contribution in [0.1, 0.15) is 0 Å². The number of nitrogens with zero attached hydrogens (tertiary/aromatic N) is 3. The van der Waals surface area contributed by atoms with Gasteiger partial charge in [-0.2, -0.15) is 0 Å². The molecule has 1 N–H and O–H groups in total. The highest BCUT2D eigenvalue weighted by Crippen LogP contribution is 2.32. The van der Waals surface area contributed by atoms with Crippen LogP contribution in [0.15, 0.2) is 52.8 Å². The van der Waals surface area contributed by atoms with E-state index in [1.165, 1.54) is 11.8 Å². The number of aryl methyl sites for hydroxylation is 1. The fourth-order valence-electron chi connectivity index (χ4n) is 1.77. The van der Waals surface area contributed by atoms with Gasteiger partial charge in [0.15, 0.2) is 0 Å². The molecule has 2 heterocycles. The van der Waals surface area contributed by atoms with Crippen molar-refractivity contribution >= 4 is 22.8 Å². The standard InChI is InChI=1S/C13H11N3OS/c1-16-8-15-12-11(16)5-6-14-13(12)18-10-4-2-3-9(17)7-10/h2-8,17H,1H3. The van der Waals surface area contributed by atoms with Gasteiger partial charge >= 0.3 is 0 Å². The van der Waals surface area contributed by atoms with Gasteiger partial charge in [-0.3, -0.25) is 0 Å². The molecule has 90 valence electrons. The molecule has 5 heteroatoms. The van der Waals surface area contributed by atoms with Crippen molar-refractivity contribution in [2.45, 2.75) is 9.92 Å². The van der Waals surface area contributed by atoms with E-state index in [2.05, 4.69) is 9.97 Å². The minimum Gasteiger partial charge on any atom is -0.508 e. The van der Waals surface area contributed by atoms with Crippen molar-refractivity contribution in [3.8, 4) is 5.75 Å². The molecular weight excluding hydrogens is 246 g/mol. The summed E-state index contributed by atoms with van der Waals surface area (Å²) in [6.07, 6.45) is 3.55. The number of fused-ring (bicyclic) bond motifs is 1. The van der Waals surface area contributed by atoms with E-state index in [9.17, 15) is 5.11 Å². The van der Waals surface area contributed by atoms with Gasteiger partial charge in [-0.1, -0.05) is 17.8 Å². The molecule has 0 aliphatic heterocycles. The first-order valence-electron chi connectivity index (χ1n) is 5.47. The molecule has 1 aromatic carbocycles. The maximum absolute atomic E-state index is 9.45. The van der Waals surface area contributed by atoms with Crippen molar-refractivity contribution in [1.29, 1.82) is 0 Å². The van der Waals surface area contributed by atoms with Crippen molar-refractivity contribution in [3.05, 3.63) is 42.9 Å². The van der Waals surface area contributed by atoms with Gasteiger partial charge in [0.05, 0.1) is 11.8 Å². The molecule has 0 radical (unpaired) electrons. The Morgan fingerprint density at radius 3 is 2.94 bits per heavy atom. The fourth-order valence-corrected chi connectivity index (χ4v) is 2.69. The summed E-state index contributed by atoms with van der Waals surface area (Å²) in [7, 11) is 1.96. The molecule has 18 heavy (non-hydrogen) atoms. The Balaban J connectivity index is 2.05. The molecular formula is C13H11N3OS. The number of benzene rings is 1. The molecule has 0 atom stereocenters. The molecule has 0 bridgehead atoms. The van der Waals surface area contributed by atoms with E-state index >= 15 is 0 Å². The molecule has 0 fully saturated rings. The van der Waals surface area contributed by atoms with Gasteiger partial charge in [0.1, 0.15) is 16.3 Å². The number of rotatable bonds is 2. The average Bonchev–Trinajstić information content (AvgIpc) is 2.73. The third kappa shape index (κ3) is 1.93. The Bertz CT molecular complexity index is 708. The third-order valence-corrected chi connectivity index (χ3v) is 3.62. The van der Waals surface area contributed by atoms with Crippen LogP contribution in [-0.4, -0.2) is 19.6 Å². The molecule has 4 nitrogen and oxygen atoms in total. The molecule has 0 amide bonds. The molecule has 0 aliphatic rings. The summed E-state index contributed by atoms with van der Waals surface area (Å²) < 4.78 is 1.96. The van der Waals surface area contributed by atoms with E-state index in [1.54, 1.807) is 24.7 Å². The smallest absolute Gasteiger partial charge is 0.129 e. The van der Waals surface area contributed by atoms with Crippen molar-refractivity contribution in [2.75, 3.05) is 0 Å². The summed E-state index contributed by atoms with van der Waals surface area (Å²) in [6.45, 7) is 0. The van der Waals surface area contributed by atoms with Crippen LogP contribution in [0.5, 0.6) is 5.75 Å². The number of hydrogen-bond acceptors (Lipinski definition) is 4. The van der Waals surface area contributed by atoms with E-state index < -0.39 is 0 Å². The lowest BCUT2D eigenvalue weighted by Gasteiger charge is -2.02. The number of aromatic hydroxyl groups is 1. The van der Waals surface area contributed by atoms with E-state index in [4.69, 9.17) is 0 Å². The zero-order valence-corrected chi connectivity index (χ0v) is 10.6. The molecule has 0 unspecified atom stereocenters. The lowest BCUT2D eigenvalue weighted by molar-refractivity contribution is 0.474. The van der Waals surface area contributed by atoms with E-state index in [-0.39, 0.29) is 5.75 Å². The first-order valence-corrected chi connectivity index (χ1v) is 6.28. The van der Waals surface area contributed by atoms with Gasteiger partial charge in [-0.05, 0) is 24.3 Å². The number of phenolic OH excluding ortho intramolecular Hbond substituents is 1. The summed E-state index contributed by atoms with van der Waals surface area (Å²) >= 11 is 1.50. The summed E-state index contributed by atoms with van der Waals surface area (Å²) in [5.74, 6) is 0.258. The van der Waals surface area contributed by atoms with Crippen LogP contribution in [0.25, 0.3) is 11.0 Å². The van der Waals surface area contributed by atoms with Crippen LogP contribution < -0.4 is 0 Å². The molecule has 0 aliphatic carbocycles. The summed E-state index contributed by atoms with van der Waals surface area (Å²) in [4.78, 5) is 9.65. The second-order valence-corrected chi connectivity index (χ2v) is 5.00. The molecule has 2 aromatic heterocycles. The first kappa shape index (κ1) is 11.1. The van der Waals surface area contributed by atoms with Gasteiger partial charge in [0.25, 0.3) is 0 Å². The SMILES string of the molecule is Cn1cnc2c(Sc3cccc(O)c3)nccc21. The minimum atomic E-state index is 0.258. The summed E-state index contributed by atoms with van der Waals surface area (Å²) in [5, 5.41) is 10.3. The van der Waals surface area contributed by atoms with Gasteiger partial charge < -0.3 is 9.67 Å². The Kier molecular flexibility index (Phi) is 2.68. The highest BCUT2D eigenvalue weighted by Gasteiger charge is 2.08. The fraction of sp³-hybridized carbons (Fsp3) is 0.0769. The lowest BCUT2D eigenvalue weighted by Crippen LogP contribution is -1.86. The Morgan fingerprint density at radius 2 is 2.11 bits per heavy atom. The van der Waals surface area contributed by atoms with Crippen molar-refractivity contribution < 1.29 is 5.11 Å². The van der Waals surface area contributed by atoms with E-state index in [0.717, 1.165) is 21.0 Å². The lowest BCUT2D eigenvalue weighted by atomic mass is 10.3. The number of imidazole rings is 1. The highest BCUT2D eigenvalue weighted by atomic mass is 32.2. The molecule has 3 rings (SSSR count). The largest absolute Gasteiger partial charge is 0.508 e. The van der Waals surface area contributed by atoms with Crippen LogP contribution in [0.3, 0.4) is 0 Å². The Labute approximate surface area is 108 Å². The summed E-state index contributed by atoms with van der Waals surface area (Å²) in [5.41, 5.74) is 1.93. The monoisotopic (exact) mass is 257 g/mol. The second-order valence-electron chi connectivity index (χ2n) is 3.94. The number of hydrogen-bond donors (Lipinski definition) is 1. The predicted molar refractivity (Wildman–Crippen MR) is 70.7 cm³/mol. The zero-order chi connectivity index (χ0) is 12.5. The number of phenols is 1. The molecule has 0 saturated heterocycles. The normalized spacial score (nSPS) is 10.9. The second kappa shape index (κ2) is 4.34. The molecule has 0 saturated carbocycles. The van der Waals surface area contributed by atoms with Crippen LogP contribution in [0.2, 0.25) is 0 Å². The van der Waals surface area contributed by atoms with Crippen molar-refractivity contribution in [1.82, 2.24) is 14.5 Å². The number of pyridine rings is 1. The third-order valence-electron chi connectivity index (χ3n) is 2.64. The van der Waals surface area contributed by atoms with Crippen LogP contribution in [0, 0.1) is 0 Å². The summed E-state index contributed by atoms with van der Waals surface area (Å²) in [6, 6.07) is 9.06. The Morgan fingerprint density at radius 1 is 1.22 bits per heavy atom. The van der Waals surface area contributed by atoms with Gasteiger partial charge in [-0.25, -0.2) is 9.97 Å². The van der Waals surface area contributed by atoms with Crippen LogP contribution >= 0.6 is 11.8 Å². The highest BCUT2D eigenvalue weighted by molar-refractivity contribution is 7.99. The minimum absolute atomic E-state index is 0.258. The van der Waals surface area contributed by atoms with E-state index in [0.29, 0.717) is 0 Å². The maximum Gasteiger partial charge on any atom is 0.129 e. The Hall–Kier alpha value is -2.01. The predicted octanol–water partition coefficient (Wildman–Crippen LogP) is 2.83.